The van der Waals surface area contributed by atoms with Crippen molar-refractivity contribution in [2.45, 2.75) is 9.79 Å². The molecule has 0 N–H and O–H groups in total. The molecule has 502 valence electrons. The first-order chi connectivity index (χ1) is 59.8. The Hall–Kier alpha value is -13.6. The molecule has 4 nitrogen and oxygen atoms in total. The summed E-state index contributed by atoms with van der Waals surface area (Å²) in [4.78, 5) is 4.16. The van der Waals surface area contributed by atoms with Crippen LogP contribution < -0.4 is 21.3 Å². The fraction of sp³-hybridized carbons (Fsp3) is 0. The van der Waals surface area contributed by atoms with Crippen molar-refractivity contribution >= 4 is 117 Å². The Labute approximate surface area is 651 Å². The summed E-state index contributed by atoms with van der Waals surface area (Å²) < 4.78 is 149. The van der Waals surface area contributed by atoms with Crippen LogP contribution in [0.5, 0.6) is 0 Å². The lowest BCUT2D eigenvalue weighted by atomic mass is 9.34. The van der Waals surface area contributed by atoms with E-state index in [0.29, 0.717) is 22.6 Å². The maximum atomic E-state index is 10.3. The van der Waals surface area contributed by atoms with Crippen molar-refractivity contribution in [3.63, 3.8) is 0 Å². The van der Waals surface area contributed by atoms with Crippen LogP contribution in [0, 0.1) is 0 Å². The van der Waals surface area contributed by atoms with E-state index in [2.05, 4.69) is 161 Å². The molecule has 6 heteroatoms. The molecule has 108 heavy (non-hydrogen) atoms. The number of rotatable bonds is 11. The van der Waals surface area contributed by atoms with Crippen LogP contribution in [0.3, 0.4) is 0 Å². The summed E-state index contributed by atoms with van der Waals surface area (Å²) in [5.41, 5.74) is 20.2. The van der Waals surface area contributed by atoms with E-state index in [1.165, 1.54) is 0 Å². The predicted molar refractivity (Wildman–Crippen MR) is 457 cm³/mol. The molecule has 3 aromatic heterocycles. The van der Waals surface area contributed by atoms with Crippen LogP contribution in [0.15, 0.2) is 404 Å². The zero-order chi connectivity index (χ0) is 84.0. The summed E-state index contributed by atoms with van der Waals surface area (Å²) in [6.45, 7) is -0.632. The van der Waals surface area contributed by atoms with Gasteiger partial charge in [0.1, 0.15) is 0 Å². The van der Waals surface area contributed by atoms with Crippen molar-refractivity contribution in [3.05, 3.63) is 394 Å². The van der Waals surface area contributed by atoms with Gasteiger partial charge in [-0.15, -0.1) is 0 Å². The molecule has 0 saturated heterocycles. The van der Waals surface area contributed by atoms with Gasteiger partial charge in [-0.05, 0) is 187 Å². The van der Waals surface area contributed by atoms with E-state index in [-0.39, 0.29) is 67.3 Å². The Bertz CT molecular complexity index is 7830. The Kier molecular flexibility index (Phi) is 11.2. The number of anilines is 3. The number of hydrogen-bond acceptors (Lipinski definition) is 2. The molecule has 0 radical (unpaired) electrons. The van der Waals surface area contributed by atoms with Crippen molar-refractivity contribution in [1.29, 1.82) is 0 Å². The van der Waals surface area contributed by atoms with Crippen molar-refractivity contribution in [2.24, 2.45) is 0 Å². The van der Waals surface area contributed by atoms with E-state index < -0.39 is 79.2 Å². The largest absolute Gasteiger partial charge is 0.310 e. The van der Waals surface area contributed by atoms with E-state index >= 15 is 0 Å². The first-order valence-electron chi connectivity index (χ1n) is 43.5. The van der Waals surface area contributed by atoms with E-state index in [9.17, 15) is 15.1 Å². The third-order valence-corrected chi connectivity index (χ3v) is 22.7. The zero-order valence-corrected chi connectivity index (χ0v) is 58.5. The second kappa shape index (κ2) is 25.0. The Balaban J connectivity index is 0.904. The molecule has 0 saturated carbocycles. The van der Waals surface area contributed by atoms with Gasteiger partial charge in [-0.1, -0.05) is 302 Å². The van der Waals surface area contributed by atoms with Crippen LogP contribution in [-0.2, 0) is 0 Å². The topological polar surface area (TPSA) is 18.0 Å². The van der Waals surface area contributed by atoms with Crippen LogP contribution in [0.25, 0.3) is 160 Å². The normalized spacial score (nSPS) is 14.3. The van der Waals surface area contributed by atoms with Crippen LogP contribution in [-0.4, -0.2) is 20.4 Å². The minimum absolute atomic E-state index is 0.0101. The molecule has 22 rings (SSSR count). The summed E-state index contributed by atoms with van der Waals surface area (Å²) in [6.07, 6.45) is 0. The molecule has 20 aromatic rings. The highest BCUT2D eigenvalue weighted by Gasteiger charge is 2.44. The number of fused-ring (bicyclic) bond motifs is 14. The molecular formula is C102H65BN4S. The monoisotopic (exact) mass is 1400 g/mol. The van der Waals surface area contributed by atoms with Crippen molar-refractivity contribution < 1.29 is 20.6 Å². The fourth-order valence-electron chi connectivity index (χ4n) is 16.8. The average molecular weight is 1400 g/mol. The van der Waals surface area contributed by atoms with Gasteiger partial charge < -0.3 is 18.6 Å². The summed E-state index contributed by atoms with van der Waals surface area (Å²) in [6, 6.07) is 96.5. The SMILES string of the molecule is [2H]c1c([2H])c([2H])c2c(c1[2H])c1c([2H])c([2H])c([2H])c([2H])c1n2-c1ccc2c(c1)c1c3c(ccc1n2-c1cccc(-c2ccccc2)c1)B1c2ccc(-n4c5c([2H])c([2H])c([2H])c([2H])c5c5c([2H])c(-c6ccccc6)c([2H])c([2H])c54)cc2N(c2c(-c4ccccc4)cc(-c4ccccc4)cc2-c2ccccc2)c2cc(-c4cccc(-c5ccccc5)c4)cc(c21)S3. The summed E-state index contributed by atoms with van der Waals surface area (Å²) in [7, 11) is 0. The first-order valence-corrected chi connectivity index (χ1v) is 36.8. The quantitative estimate of drug-likeness (QED) is 0.120. The van der Waals surface area contributed by atoms with Crippen LogP contribution in [0.4, 0.5) is 17.1 Å². The minimum Gasteiger partial charge on any atom is -0.310 e. The second-order valence-electron chi connectivity index (χ2n) is 27.5. The Morgan fingerprint density at radius 3 is 1.30 bits per heavy atom. The second-order valence-corrected chi connectivity index (χ2v) is 28.6. The highest BCUT2D eigenvalue weighted by atomic mass is 32.2. The smallest absolute Gasteiger partial charge is 0.249 e. The first kappa shape index (κ1) is 48.4. The van der Waals surface area contributed by atoms with Crippen molar-refractivity contribution in [1.82, 2.24) is 13.7 Å². The lowest BCUT2D eigenvalue weighted by molar-refractivity contribution is 1.16. The van der Waals surface area contributed by atoms with Gasteiger partial charge in [0.25, 0.3) is 0 Å². The highest BCUT2D eigenvalue weighted by molar-refractivity contribution is 8.00. The van der Waals surface area contributed by atoms with Crippen LogP contribution in [0.2, 0.25) is 0 Å². The zero-order valence-electron chi connectivity index (χ0n) is 72.6. The van der Waals surface area contributed by atoms with Gasteiger partial charge >= 0.3 is 0 Å². The number of benzene rings is 17. The molecule has 2 aliphatic heterocycles. The van der Waals surface area contributed by atoms with Gasteiger partial charge in [0.2, 0.25) is 6.71 Å². The lowest BCUT2D eigenvalue weighted by Gasteiger charge is -2.42. The average Bonchev–Trinajstić information content (AvgIpc) is 1.59. The standard InChI is InChI=1S/C102H65BN4S/c1-7-27-66(28-8-1)72-39-25-40-73(57-72)77-62-97-100-98(63-77)108-102-89(53-56-95-99(102)87-64-79(104-90-46-22-19-43-81(90)82-44-20-23-47-91(82)104)51-55-94(87)106(95)78-42-26-41-74(58-78)67-29-9-2-10-30-67)103(100)88-52-50-80(105-92-48-24-21-45-83(92)86-59-75(49-54-93(86)105)68-31-11-3-12-32-68)65-96(88)107(97)101-84(70-35-15-5-16-36-70)60-76(69-33-13-4-14-34-69)61-85(101)71-37-17-6-18-38-71/h1-65H/i19D,20D,21D,22D,23D,24D,43D,44D,45D,46D,47D,48D,49D,54D,59D. The number of nitrogens with zero attached hydrogens (tertiary/aromatic N) is 4. The van der Waals surface area contributed by atoms with Gasteiger partial charge in [-0.3, -0.25) is 0 Å². The lowest BCUT2D eigenvalue weighted by Crippen LogP contribution is -2.60. The third kappa shape index (κ3) is 9.88. The predicted octanol–water partition coefficient (Wildman–Crippen LogP) is 25.4. The van der Waals surface area contributed by atoms with Gasteiger partial charge in [-0.2, -0.15) is 0 Å². The summed E-state index contributed by atoms with van der Waals surface area (Å²) in [5.74, 6) is 0. The molecular weight excluding hydrogens is 1320 g/mol. The van der Waals surface area contributed by atoms with E-state index in [0.717, 1.165) is 132 Å². The van der Waals surface area contributed by atoms with Crippen LogP contribution in [0.1, 0.15) is 20.6 Å². The minimum atomic E-state index is -0.632. The molecule has 0 spiro atoms. The van der Waals surface area contributed by atoms with Crippen molar-refractivity contribution in [2.75, 3.05) is 4.90 Å². The maximum absolute atomic E-state index is 10.3. The third-order valence-electron chi connectivity index (χ3n) is 21.5. The van der Waals surface area contributed by atoms with Gasteiger partial charge in [0.15, 0.2) is 0 Å². The van der Waals surface area contributed by atoms with Gasteiger partial charge in [-0.25, -0.2) is 0 Å². The molecule has 0 bridgehead atoms. The Morgan fingerprint density at radius 2 is 0.704 bits per heavy atom. The summed E-state index contributed by atoms with van der Waals surface area (Å²) in [5, 5.41) is 1.59. The molecule has 0 atom stereocenters. The molecule has 5 heterocycles. The van der Waals surface area contributed by atoms with Gasteiger partial charge in [0, 0.05) is 81.7 Å². The van der Waals surface area contributed by atoms with E-state index in [1.807, 2.05) is 127 Å². The molecule has 2 aliphatic rings. The number of hydrogen-bond donors (Lipinski definition) is 0. The maximum Gasteiger partial charge on any atom is 0.249 e. The molecule has 0 amide bonds. The molecule has 0 unspecified atom stereocenters. The number of para-hydroxylation sites is 3. The van der Waals surface area contributed by atoms with Crippen molar-refractivity contribution in [3.8, 4) is 95.0 Å². The summed E-state index contributed by atoms with van der Waals surface area (Å²) >= 11 is 1.64. The Morgan fingerprint density at radius 1 is 0.269 bits per heavy atom. The van der Waals surface area contributed by atoms with E-state index in [1.54, 1.807) is 45.2 Å². The molecule has 0 aliphatic carbocycles. The van der Waals surface area contributed by atoms with Crippen LogP contribution >= 0.6 is 11.8 Å². The number of aromatic nitrogens is 3. The fourth-order valence-corrected chi connectivity index (χ4v) is 18.1. The van der Waals surface area contributed by atoms with E-state index in [4.69, 9.17) is 5.48 Å². The molecule has 0 fully saturated rings. The molecule has 17 aromatic carbocycles. The highest BCUT2D eigenvalue weighted by Crippen LogP contribution is 2.54. The van der Waals surface area contributed by atoms with Gasteiger partial charge in [0.05, 0.1) is 59.3 Å².